The summed E-state index contributed by atoms with van der Waals surface area (Å²) in [6, 6.07) is 1.18. The Morgan fingerprint density at radius 1 is 1.33 bits per heavy atom. The number of halogens is 1. The zero-order valence-electron chi connectivity index (χ0n) is 8.18. The highest BCUT2D eigenvalue weighted by Gasteiger charge is 2.09. The summed E-state index contributed by atoms with van der Waals surface area (Å²) in [6.45, 7) is 6.99. The monoisotopic (exact) mass is 206 g/mol. The maximum absolute atomic E-state index is 9.12. The van der Waals surface area contributed by atoms with Gasteiger partial charge >= 0.3 is 0 Å². The lowest BCUT2D eigenvalue weighted by Gasteiger charge is -2.11. The molecule has 0 aromatic heterocycles. The normalized spacial score (nSPS) is 15.4. The molecule has 0 fully saturated rings. The van der Waals surface area contributed by atoms with Crippen molar-refractivity contribution in [3.63, 3.8) is 0 Å². The van der Waals surface area contributed by atoms with Crippen LogP contribution in [0.2, 0.25) is 25.7 Å². The highest BCUT2D eigenvalue weighted by molar-refractivity contribution is 6.76. The first-order chi connectivity index (χ1) is 5.45. The van der Waals surface area contributed by atoms with Crippen molar-refractivity contribution in [1.82, 2.24) is 0 Å². The van der Waals surface area contributed by atoms with Gasteiger partial charge in [0.25, 0.3) is 0 Å². The van der Waals surface area contributed by atoms with Gasteiger partial charge in [-0.05, 0) is 12.5 Å². The van der Waals surface area contributed by atoms with Gasteiger partial charge in [-0.25, -0.2) is 0 Å². The minimum Gasteiger partial charge on any atom is -0.392 e. The first kappa shape index (κ1) is 12.2. The number of hydrogen-bond donors (Lipinski definition) is 1. The van der Waals surface area contributed by atoms with Gasteiger partial charge in [0, 0.05) is 14.0 Å². The molecule has 0 aliphatic heterocycles. The summed E-state index contributed by atoms with van der Waals surface area (Å²) >= 11 is 5.45. The standard InChI is InChI=1S/C9H19ClOSi/c1-12(2,3)7-5-4-6-9(11)8-10/h4-5,9,11H,6-8H2,1-3H3/b5-4-/t9-/m1/s1. The lowest BCUT2D eigenvalue weighted by molar-refractivity contribution is 0.202. The summed E-state index contributed by atoms with van der Waals surface area (Å²) < 4.78 is 0. The van der Waals surface area contributed by atoms with E-state index in [1.165, 1.54) is 6.04 Å². The lowest BCUT2D eigenvalue weighted by Crippen LogP contribution is -2.17. The van der Waals surface area contributed by atoms with E-state index in [0.717, 1.165) is 0 Å². The summed E-state index contributed by atoms with van der Waals surface area (Å²) in [4.78, 5) is 0. The first-order valence-corrected chi connectivity index (χ1v) is 8.59. The SMILES string of the molecule is C[Si](C)(C)C/C=C\C[C@@H](O)CCl. The highest BCUT2D eigenvalue weighted by atomic mass is 35.5. The average molecular weight is 207 g/mol. The van der Waals surface area contributed by atoms with Gasteiger partial charge in [0.1, 0.15) is 0 Å². The lowest BCUT2D eigenvalue weighted by atomic mass is 10.3. The fourth-order valence-electron chi connectivity index (χ4n) is 0.753. The molecule has 1 N–H and O–H groups in total. The van der Waals surface area contributed by atoms with E-state index in [1.54, 1.807) is 0 Å². The van der Waals surface area contributed by atoms with E-state index < -0.39 is 8.07 Å². The number of aliphatic hydroxyl groups excluding tert-OH is 1. The number of aliphatic hydroxyl groups is 1. The Bertz CT molecular complexity index is 140. The van der Waals surface area contributed by atoms with Crippen molar-refractivity contribution in [3.8, 4) is 0 Å². The molecule has 12 heavy (non-hydrogen) atoms. The molecule has 1 atom stereocenters. The second-order valence-corrected chi connectivity index (χ2v) is 10.1. The molecule has 0 aliphatic carbocycles. The maximum atomic E-state index is 9.12. The average Bonchev–Trinajstić information content (AvgIpc) is 1.96. The summed E-state index contributed by atoms with van der Waals surface area (Å²) in [5.74, 6) is 0.331. The molecule has 0 unspecified atom stereocenters. The van der Waals surface area contributed by atoms with Crippen LogP contribution in [0.25, 0.3) is 0 Å². The van der Waals surface area contributed by atoms with E-state index in [0.29, 0.717) is 12.3 Å². The Labute approximate surface area is 81.4 Å². The van der Waals surface area contributed by atoms with Gasteiger partial charge < -0.3 is 5.11 Å². The topological polar surface area (TPSA) is 20.2 Å². The van der Waals surface area contributed by atoms with Gasteiger partial charge in [-0.15, -0.1) is 11.6 Å². The molecule has 0 amide bonds. The number of allylic oxidation sites excluding steroid dienone is 1. The Morgan fingerprint density at radius 2 is 1.92 bits per heavy atom. The van der Waals surface area contributed by atoms with Crippen LogP contribution in [0.3, 0.4) is 0 Å². The van der Waals surface area contributed by atoms with E-state index in [-0.39, 0.29) is 6.10 Å². The number of hydrogen-bond acceptors (Lipinski definition) is 1. The van der Waals surface area contributed by atoms with Crippen LogP contribution < -0.4 is 0 Å². The van der Waals surface area contributed by atoms with E-state index in [2.05, 4.69) is 25.7 Å². The zero-order valence-corrected chi connectivity index (χ0v) is 9.93. The van der Waals surface area contributed by atoms with E-state index >= 15 is 0 Å². The zero-order chi connectivity index (χ0) is 9.61. The van der Waals surface area contributed by atoms with Crippen LogP contribution >= 0.6 is 11.6 Å². The maximum Gasteiger partial charge on any atom is 0.0709 e. The molecule has 0 rings (SSSR count). The Morgan fingerprint density at radius 3 is 2.33 bits per heavy atom. The van der Waals surface area contributed by atoms with Crippen molar-refractivity contribution in [3.05, 3.63) is 12.2 Å². The summed E-state index contributed by atoms with van der Waals surface area (Å²) in [5.41, 5.74) is 0. The van der Waals surface area contributed by atoms with Crippen molar-refractivity contribution in [2.45, 2.75) is 38.2 Å². The van der Waals surface area contributed by atoms with Crippen molar-refractivity contribution in [2.24, 2.45) is 0 Å². The van der Waals surface area contributed by atoms with Crippen molar-refractivity contribution >= 4 is 19.7 Å². The number of rotatable bonds is 5. The van der Waals surface area contributed by atoms with Crippen LogP contribution in [0.5, 0.6) is 0 Å². The third-order valence-electron chi connectivity index (χ3n) is 1.48. The molecule has 0 saturated carbocycles. The van der Waals surface area contributed by atoms with Crippen molar-refractivity contribution < 1.29 is 5.11 Å². The van der Waals surface area contributed by atoms with Gasteiger partial charge in [0.05, 0.1) is 6.10 Å². The molecule has 3 heteroatoms. The Balaban J connectivity index is 3.50. The van der Waals surface area contributed by atoms with Crippen LogP contribution in [0.4, 0.5) is 0 Å². The second-order valence-electron chi connectivity index (χ2n) is 4.28. The first-order valence-electron chi connectivity index (χ1n) is 4.35. The van der Waals surface area contributed by atoms with Crippen LogP contribution in [-0.4, -0.2) is 25.2 Å². The third kappa shape index (κ3) is 8.30. The smallest absolute Gasteiger partial charge is 0.0709 e. The fraction of sp³-hybridized carbons (Fsp3) is 0.778. The minimum atomic E-state index is -0.941. The van der Waals surface area contributed by atoms with Gasteiger partial charge in [-0.1, -0.05) is 31.8 Å². The van der Waals surface area contributed by atoms with Crippen molar-refractivity contribution in [1.29, 1.82) is 0 Å². The molecule has 0 aromatic rings. The molecule has 72 valence electrons. The van der Waals surface area contributed by atoms with Gasteiger partial charge in [-0.3, -0.25) is 0 Å². The van der Waals surface area contributed by atoms with Gasteiger partial charge in [0.2, 0.25) is 0 Å². The van der Waals surface area contributed by atoms with E-state index in [1.807, 2.05) is 6.08 Å². The van der Waals surface area contributed by atoms with E-state index in [4.69, 9.17) is 16.7 Å². The van der Waals surface area contributed by atoms with Crippen LogP contribution in [0, 0.1) is 0 Å². The fourth-order valence-corrected chi connectivity index (χ4v) is 1.75. The molecular formula is C9H19ClOSi. The molecule has 0 bridgehead atoms. The number of alkyl halides is 1. The molecule has 0 spiro atoms. The van der Waals surface area contributed by atoms with Crippen LogP contribution in [-0.2, 0) is 0 Å². The highest BCUT2D eigenvalue weighted by Crippen LogP contribution is 2.09. The third-order valence-corrected chi connectivity index (χ3v) is 3.30. The predicted octanol–water partition coefficient (Wildman–Crippen LogP) is 2.87. The largest absolute Gasteiger partial charge is 0.392 e. The molecule has 1 nitrogen and oxygen atoms in total. The quantitative estimate of drug-likeness (QED) is 0.417. The molecule has 0 heterocycles. The van der Waals surface area contributed by atoms with E-state index in [9.17, 15) is 0 Å². The Hall–Kier alpha value is 0.207. The molecular weight excluding hydrogens is 188 g/mol. The molecule has 0 aliphatic rings. The van der Waals surface area contributed by atoms with Gasteiger partial charge in [-0.2, -0.15) is 0 Å². The molecule has 0 saturated heterocycles. The predicted molar refractivity (Wildman–Crippen MR) is 58.6 cm³/mol. The summed E-state index contributed by atoms with van der Waals surface area (Å²) in [7, 11) is -0.941. The van der Waals surface area contributed by atoms with Crippen LogP contribution in [0.15, 0.2) is 12.2 Å². The summed E-state index contributed by atoms with van der Waals surface area (Å²) in [5, 5.41) is 9.12. The second kappa shape index (κ2) is 5.78. The van der Waals surface area contributed by atoms with Crippen molar-refractivity contribution in [2.75, 3.05) is 5.88 Å². The molecule has 0 radical (unpaired) electrons. The van der Waals surface area contributed by atoms with Gasteiger partial charge in [0.15, 0.2) is 0 Å². The Kier molecular flexibility index (Phi) is 5.88. The molecule has 0 aromatic carbocycles. The summed E-state index contributed by atoms with van der Waals surface area (Å²) in [6.07, 6.45) is 4.52. The van der Waals surface area contributed by atoms with Crippen LogP contribution in [0.1, 0.15) is 6.42 Å². The minimum absolute atomic E-state index is 0.331.